The molecule has 0 bridgehead atoms. The number of carbonyl (C=O) groups excluding carboxylic acids is 1. The molecule has 2 heterocycles. The third kappa shape index (κ3) is 2.66. The van der Waals surface area contributed by atoms with Gasteiger partial charge >= 0.3 is 0 Å². The second kappa shape index (κ2) is 5.48. The summed E-state index contributed by atoms with van der Waals surface area (Å²) in [4.78, 5) is 14.9. The second-order valence-electron chi connectivity index (χ2n) is 7.46. The number of nitrogens with zero attached hydrogens (tertiary/aromatic N) is 4. The Kier molecular flexibility index (Phi) is 3.78. The van der Waals surface area contributed by atoms with Crippen molar-refractivity contribution in [1.82, 2.24) is 25.5 Å². The Morgan fingerprint density at radius 3 is 2.82 bits per heavy atom. The molecule has 1 saturated heterocycles. The molecule has 1 aromatic heterocycles. The van der Waals surface area contributed by atoms with Crippen molar-refractivity contribution in [3.8, 4) is 0 Å². The van der Waals surface area contributed by atoms with Crippen molar-refractivity contribution in [3.63, 3.8) is 0 Å². The number of hydrogen-bond acceptors (Lipinski definition) is 4. The molecule has 6 heteroatoms. The molecule has 0 radical (unpaired) electrons. The van der Waals surface area contributed by atoms with Crippen LogP contribution in [0.5, 0.6) is 0 Å². The van der Waals surface area contributed by atoms with Gasteiger partial charge in [0.1, 0.15) is 0 Å². The number of aromatic nitrogens is 4. The van der Waals surface area contributed by atoms with Gasteiger partial charge in [0.25, 0.3) is 0 Å². The Balaban J connectivity index is 1.69. The van der Waals surface area contributed by atoms with Crippen molar-refractivity contribution in [2.45, 2.75) is 46.5 Å². The number of likely N-dealkylation sites (tertiary alicyclic amines) is 1. The number of piperidine rings is 1. The highest BCUT2D eigenvalue weighted by Gasteiger charge is 2.61. The monoisotopic (exact) mass is 303 g/mol. The number of H-pyrrole nitrogens is 1. The normalized spacial score (nSPS) is 30.0. The first-order valence-electron chi connectivity index (χ1n) is 8.08. The first-order chi connectivity index (χ1) is 10.4. The number of rotatable bonds is 3. The molecule has 0 spiro atoms. The summed E-state index contributed by atoms with van der Waals surface area (Å²) >= 11 is 0. The molecule has 22 heavy (non-hydrogen) atoms. The fraction of sp³-hybridized carbons (Fsp3) is 0.750. The van der Waals surface area contributed by atoms with Crippen LogP contribution in [0.15, 0.2) is 11.6 Å². The van der Waals surface area contributed by atoms with Crippen LogP contribution < -0.4 is 0 Å². The maximum atomic E-state index is 12.9. The van der Waals surface area contributed by atoms with Crippen molar-refractivity contribution in [1.29, 1.82) is 0 Å². The highest BCUT2D eigenvalue weighted by atomic mass is 16.2. The lowest BCUT2D eigenvalue weighted by molar-refractivity contribution is -0.134. The Hall–Kier alpha value is -1.72. The van der Waals surface area contributed by atoms with Gasteiger partial charge in [0.05, 0.1) is 5.92 Å². The number of amides is 1. The Morgan fingerprint density at radius 1 is 1.41 bits per heavy atom. The second-order valence-corrected chi connectivity index (χ2v) is 7.46. The molecule has 1 N–H and O–H groups in total. The molecule has 6 nitrogen and oxygen atoms in total. The zero-order chi connectivity index (χ0) is 15.9. The molecule has 2 aliphatic rings. The van der Waals surface area contributed by atoms with Crippen molar-refractivity contribution in [3.05, 3.63) is 17.5 Å². The van der Waals surface area contributed by atoms with Crippen LogP contribution in [0.25, 0.3) is 0 Å². The third-order valence-corrected chi connectivity index (χ3v) is 5.15. The number of hydrogen-bond donors (Lipinski definition) is 1. The highest BCUT2D eigenvalue weighted by molar-refractivity contribution is 5.84. The van der Waals surface area contributed by atoms with E-state index in [1.165, 1.54) is 5.57 Å². The molecular weight excluding hydrogens is 278 g/mol. The average molecular weight is 303 g/mol. The standard InChI is InChI=1S/C16H25N5O/c1-10(2)8-12-13(16(12,3)4)15(22)21-7-5-6-11(9-21)14-17-19-20-18-14/h8,11-13H,5-7,9H2,1-4H3,(H,17,18,19,20)/t11-,12-,13+/m1/s1. The van der Waals surface area contributed by atoms with Crippen molar-refractivity contribution in [2.75, 3.05) is 13.1 Å². The van der Waals surface area contributed by atoms with E-state index in [0.29, 0.717) is 18.4 Å². The van der Waals surface area contributed by atoms with E-state index in [9.17, 15) is 4.79 Å². The number of nitrogens with one attached hydrogen (secondary N) is 1. The molecule has 3 rings (SSSR count). The van der Waals surface area contributed by atoms with Crippen LogP contribution >= 0.6 is 0 Å². The molecular formula is C16H25N5O. The first-order valence-corrected chi connectivity index (χ1v) is 8.08. The molecule has 1 amide bonds. The van der Waals surface area contributed by atoms with Crippen molar-refractivity contribution >= 4 is 5.91 Å². The predicted octanol–water partition coefficient (Wildman–Crippen LogP) is 2.14. The fourth-order valence-corrected chi connectivity index (χ4v) is 3.75. The summed E-state index contributed by atoms with van der Waals surface area (Å²) in [7, 11) is 0. The van der Waals surface area contributed by atoms with E-state index in [1.807, 2.05) is 4.90 Å². The molecule has 1 aliphatic heterocycles. The first kappa shape index (κ1) is 15.2. The molecule has 120 valence electrons. The number of aromatic amines is 1. The average Bonchev–Trinajstić information content (AvgIpc) is 2.87. The van der Waals surface area contributed by atoms with Crippen LogP contribution in [0.2, 0.25) is 0 Å². The maximum Gasteiger partial charge on any atom is 0.226 e. The SMILES string of the molecule is CC(C)=C[C@@H]1[C@@H](C(=O)N2CCC[C@@H](c3nn[nH]n3)C2)C1(C)C. The molecule has 0 aromatic carbocycles. The smallest absolute Gasteiger partial charge is 0.226 e. The van der Waals surface area contributed by atoms with E-state index in [2.05, 4.69) is 54.4 Å². The predicted molar refractivity (Wildman–Crippen MR) is 82.9 cm³/mol. The van der Waals surface area contributed by atoms with Crippen LogP contribution in [-0.4, -0.2) is 44.5 Å². The molecule has 1 saturated carbocycles. The minimum Gasteiger partial charge on any atom is -0.342 e. The van der Waals surface area contributed by atoms with Gasteiger partial charge in [0, 0.05) is 19.0 Å². The minimum atomic E-state index is 0.0768. The van der Waals surface area contributed by atoms with Crippen LogP contribution in [-0.2, 0) is 4.79 Å². The van der Waals surface area contributed by atoms with Crippen LogP contribution in [0.3, 0.4) is 0 Å². The van der Waals surface area contributed by atoms with E-state index in [4.69, 9.17) is 0 Å². The minimum absolute atomic E-state index is 0.0768. The Bertz CT molecular complexity index is 573. The van der Waals surface area contributed by atoms with E-state index < -0.39 is 0 Å². The number of carbonyl (C=O) groups is 1. The summed E-state index contributed by atoms with van der Waals surface area (Å²) in [5, 5.41) is 14.3. The van der Waals surface area contributed by atoms with E-state index in [1.54, 1.807) is 0 Å². The zero-order valence-corrected chi connectivity index (χ0v) is 13.8. The number of allylic oxidation sites excluding steroid dienone is 2. The van der Waals surface area contributed by atoms with Gasteiger partial charge in [0.15, 0.2) is 5.82 Å². The summed E-state index contributed by atoms with van der Waals surface area (Å²) < 4.78 is 0. The summed E-state index contributed by atoms with van der Waals surface area (Å²) in [6.07, 6.45) is 4.28. The lowest BCUT2D eigenvalue weighted by Crippen LogP contribution is -2.41. The highest BCUT2D eigenvalue weighted by Crippen LogP contribution is 2.60. The van der Waals surface area contributed by atoms with Gasteiger partial charge in [-0.25, -0.2) is 0 Å². The van der Waals surface area contributed by atoms with E-state index in [0.717, 1.165) is 25.2 Å². The quantitative estimate of drug-likeness (QED) is 0.868. The van der Waals surface area contributed by atoms with Gasteiger partial charge in [-0.05, 0) is 38.0 Å². The topological polar surface area (TPSA) is 74.8 Å². The Morgan fingerprint density at radius 2 is 2.18 bits per heavy atom. The molecule has 1 aliphatic carbocycles. The fourth-order valence-electron chi connectivity index (χ4n) is 3.75. The van der Waals surface area contributed by atoms with Crippen LogP contribution in [0.4, 0.5) is 0 Å². The summed E-state index contributed by atoms with van der Waals surface area (Å²) in [6, 6.07) is 0. The van der Waals surface area contributed by atoms with Gasteiger partial charge in [-0.3, -0.25) is 4.79 Å². The van der Waals surface area contributed by atoms with Gasteiger partial charge in [-0.15, -0.1) is 10.2 Å². The molecule has 0 unspecified atom stereocenters. The van der Waals surface area contributed by atoms with E-state index >= 15 is 0 Å². The van der Waals surface area contributed by atoms with Gasteiger partial charge in [-0.2, -0.15) is 5.21 Å². The van der Waals surface area contributed by atoms with Crippen molar-refractivity contribution in [2.24, 2.45) is 17.3 Å². The van der Waals surface area contributed by atoms with Crippen molar-refractivity contribution < 1.29 is 4.79 Å². The van der Waals surface area contributed by atoms with E-state index in [-0.39, 0.29) is 17.3 Å². The van der Waals surface area contributed by atoms with Crippen LogP contribution in [0, 0.1) is 17.3 Å². The van der Waals surface area contributed by atoms with Gasteiger partial charge in [-0.1, -0.05) is 30.7 Å². The van der Waals surface area contributed by atoms with Gasteiger partial charge in [0.2, 0.25) is 5.91 Å². The zero-order valence-electron chi connectivity index (χ0n) is 13.8. The third-order valence-electron chi connectivity index (χ3n) is 5.15. The Labute approximate surface area is 131 Å². The molecule has 3 atom stereocenters. The van der Waals surface area contributed by atoms with Crippen LogP contribution in [0.1, 0.15) is 52.3 Å². The van der Waals surface area contributed by atoms with Gasteiger partial charge < -0.3 is 4.90 Å². The summed E-state index contributed by atoms with van der Waals surface area (Å²) in [5.41, 5.74) is 1.37. The number of tetrazole rings is 1. The summed E-state index contributed by atoms with van der Waals surface area (Å²) in [6.45, 7) is 10.2. The summed E-state index contributed by atoms with van der Waals surface area (Å²) in [5.74, 6) is 1.72. The maximum absolute atomic E-state index is 12.9. The largest absolute Gasteiger partial charge is 0.342 e. The lowest BCUT2D eigenvalue weighted by atomic mass is 9.96. The molecule has 1 aromatic rings. The molecule has 2 fully saturated rings. The lowest BCUT2D eigenvalue weighted by Gasteiger charge is -2.31.